The smallest absolute Gasteiger partial charge is 0.272 e. The van der Waals surface area contributed by atoms with Crippen molar-refractivity contribution in [3.8, 4) is 0 Å². The average molecular weight is 262 g/mol. The highest BCUT2D eigenvalue weighted by atomic mass is 16.2. The summed E-state index contributed by atoms with van der Waals surface area (Å²) in [6.07, 6.45) is 2.39. The quantitative estimate of drug-likeness (QED) is 0.831. The van der Waals surface area contributed by atoms with Gasteiger partial charge in [-0.15, -0.1) is 0 Å². The number of rotatable bonds is 4. The van der Waals surface area contributed by atoms with Crippen LogP contribution in [0.25, 0.3) is 0 Å². The summed E-state index contributed by atoms with van der Waals surface area (Å²) in [7, 11) is 0. The lowest BCUT2D eigenvalue weighted by molar-refractivity contribution is 0.0766. The molecule has 0 saturated carbocycles. The van der Waals surface area contributed by atoms with Crippen LogP contribution < -0.4 is 4.90 Å². The Balaban J connectivity index is 2.27. The van der Waals surface area contributed by atoms with Crippen LogP contribution in [0.1, 0.15) is 43.0 Å². The first-order valence-corrected chi connectivity index (χ1v) is 7.05. The molecule has 1 fully saturated rings. The zero-order valence-corrected chi connectivity index (χ0v) is 12.0. The van der Waals surface area contributed by atoms with Gasteiger partial charge in [-0.1, -0.05) is 0 Å². The standard InChI is InChI=1S/C14H22N4O/c1-4-17(5-2)14(19)12-10-13(16-11(3)15-12)18-8-6-7-9-18/h10H,4-9H2,1-3H3. The molecule has 0 aromatic carbocycles. The predicted octanol–water partition coefficient (Wildman–Crippen LogP) is 1.87. The molecule has 1 aliphatic heterocycles. The molecule has 5 heteroatoms. The van der Waals surface area contributed by atoms with Crippen LogP contribution >= 0.6 is 0 Å². The van der Waals surface area contributed by atoms with Gasteiger partial charge >= 0.3 is 0 Å². The molecule has 5 nitrogen and oxygen atoms in total. The van der Waals surface area contributed by atoms with Crippen molar-refractivity contribution in [2.24, 2.45) is 0 Å². The second kappa shape index (κ2) is 5.99. The van der Waals surface area contributed by atoms with Crippen molar-refractivity contribution < 1.29 is 4.79 Å². The Kier molecular flexibility index (Phi) is 4.35. The highest BCUT2D eigenvalue weighted by molar-refractivity contribution is 5.93. The van der Waals surface area contributed by atoms with Gasteiger partial charge in [0.05, 0.1) is 0 Å². The molecule has 0 aliphatic carbocycles. The summed E-state index contributed by atoms with van der Waals surface area (Å²) >= 11 is 0. The third kappa shape index (κ3) is 3.03. The molecule has 0 radical (unpaired) electrons. The number of aryl methyl sites for hydroxylation is 1. The number of amides is 1. The fraction of sp³-hybridized carbons (Fsp3) is 0.643. The van der Waals surface area contributed by atoms with Crippen molar-refractivity contribution in [3.63, 3.8) is 0 Å². The SMILES string of the molecule is CCN(CC)C(=O)c1cc(N2CCCC2)nc(C)n1. The molecule has 1 aliphatic rings. The van der Waals surface area contributed by atoms with Crippen molar-refractivity contribution in [2.75, 3.05) is 31.1 Å². The molecule has 1 aromatic heterocycles. The van der Waals surface area contributed by atoms with Crippen LogP contribution in [-0.2, 0) is 0 Å². The molecule has 19 heavy (non-hydrogen) atoms. The van der Waals surface area contributed by atoms with Crippen LogP contribution in [0, 0.1) is 6.92 Å². The maximum Gasteiger partial charge on any atom is 0.272 e. The minimum atomic E-state index is -0.00375. The molecular formula is C14H22N4O. The van der Waals surface area contributed by atoms with Gasteiger partial charge in [0, 0.05) is 32.2 Å². The van der Waals surface area contributed by atoms with Crippen molar-refractivity contribution in [1.82, 2.24) is 14.9 Å². The van der Waals surface area contributed by atoms with Crippen LogP contribution in [0.5, 0.6) is 0 Å². The van der Waals surface area contributed by atoms with E-state index in [1.165, 1.54) is 12.8 Å². The molecule has 1 aromatic rings. The van der Waals surface area contributed by atoms with Gasteiger partial charge in [0.15, 0.2) is 0 Å². The van der Waals surface area contributed by atoms with Gasteiger partial charge in [-0.3, -0.25) is 4.79 Å². The fourth-order valence-electron chi connectivity index (χ4n) is 2.44. The molecular weight excluding hydrogens is 240 g/mol. The zero-order chi connectivity index (χ0) is 13.8. The van der Waals surface area contributed by atoms with Crippen LogP contribution in [0.2, 0.25) is 0 Å². The van der Waals surface area contributed by atoms with Gasteiger partial charge in [0.25, 0.3) is 5.91 Å². The largest absolute Gasteiger partial charge is 0.356 e. The van der Waals surface area contributed by atoms with E-state index in [1.807, 2.05) is 26.8 Å². The molecule has 0 unspecified atom stereocenters. The normalized spacial score (nSPS) is 14.8. The Morgan fingerprint density at radius 1 is 1.26 bits per heavy atom. The van der Waals surface area contributed by atoms with Gasteiger partial charge in [0.2, 0.25) is 0 Å². The molecule has 0 spiro atoms. The number of anilines is 1. The van der Waals surface area contributed by atoms with Crippen LogP contribution in [0.15, 0.2) is 6.07 Å². The molecule has 0 bridgehead atoms. The summed E-state index contributed by atoms with van der Waals surface area (Å²) in [6.45, 7) is 9.27. The van der Waals surface area contributed by atoms with Crippen LogP contribution in [-0.4, -0.2) is 47.0 Å². The Labute approximate surface area is 114 Å². The van der Waals surface area contributed by atoms with Crippen molar-refractivity contribution >= 4 is 11.7 Å². The number of hydrogen-bond donors (Lipinski definition) is 0. The van der Waals surface area contributed by atoms with E-state index in [9.17, 15) is 4.79 Å². The van der Waals surface area contributed by atoms with E-state index in [0.717, 1.165) is 18.9 Å². The van der Waals surface area contributed by atoms with E-state index < -0.39 is 0 Å². The Morgan fingerprint density at radius 2 is 1.89 bits per heavy atom. The van der Waals surface area contributed by atoms with E-state index >= 15 is 0 Å². The minimum Gasteiger partial charge on any atom is -0.356 e. The van der Waals surface area contributed by atoms with Gasteiger partial charge < -0.3 is 9.80 Å². The molecule has 0 N–H and O–H groups in total. The molecule has 2 heterocycles. The maximum atomic E-state index is 12.3. The first-order chi connectivity index (χ1) is 9.15. The monoisotopic (exact) mass is 262 g/mol. The number of nitrogens with zero attached hydrogens (tertiary/aromatic N) is 4. The number of aromatic nitrogens is 2. The summed E-state index contributed by atoms with van der Waals surface area (Å²) in [5.41, 5.74) is 0.512. The number of carbonyl (C=O) groups is 1. The predicted molar refractivity (Wildman–Crippen MR) is 75.5 cm³/mol. The second-order valence-corrected chi connectivity index (χ2v) is 4.83. The van der Waals surface area contributed by atoms with Gasteiger partial charge in [-0.25, -0.2) is 9.97 Å². The van der Waals surface area contributed by atoms with Crippen molar-refractivity contribution in [3.05, 3.63) is 17.6 Å². The lowest BCUT2D eigenvalue weighted by Crippen LogP contribution is -2.31. The van der Waals surface area contributed by atoms with E-state index in [-0.39, 0.29) is 5.91 Å². The van der Waals surface area contributed by atoms with Gasteiger partial charge in [0.1, 0.15) is 17.3 Å². The third-order valence-electron chi connectivity index (χ3n) is 3.52. The van der Waals surface area contributed by atoms with Gasteiger partial charge in [-0.05, 0) is 33.6 Å². The summed E-state index contributed by atoms with van der Waals surface area (Å²) < 4.78 is 0. The summed E-state index contributed by atoms with van der Waals surface area (Å²) in [4.78, 5) is 25.1. The minimum absolute atomic E-state index is 0.00375. The van der Waals surface area contributed by atoms with Crippen molar-refractivity contribution in [1.29, 1.82) is 0 Å². The highest BCUT2D eigenvalue weighted by Gasteiger charge is 2.19. The van der Waals surface area contributed by atoms with E-state index in [4.69, 9.17) is 0 Å². The topological polar surface area (TPSA) is 49.3 Å². The number of carbonyl (C=O) groups excluding carboxylic acids is 1. The molecule has 0 atom stereocenters. The van der Waals surface area contributed by atoms with Gasteiger partial charge in [-0.2, -0.15) is 0 Å². The third-order valence-corrected chi connectivity index (χ3v) is 3.52. The fourth-order valence-corrected chi connectivity index (χ4v) is 2.44. The number of hydrogen-bond acceptors (Lipinski definition) is 4. The summed E-state index contributed by atoms with van der Waals surface area (Å²) in [5.74, 6) is 1.55. The highest BCUT2D eigenvalue weighted by Crippen LogP contribution is 2.19. The molecule has 1 saturated heterocycles. The lowest BCUT2D eigenvalue weighted by Gasteiger charge is -2.20. The zero-order valence-electron chi connectivity index (χ0n) is 12.0. The van der Waals surface area contributed by atoms with E-state index in [2.05, 4.69) is 14.9 Å². The lowest BCUT2D eigenvalue weighted by atomic mass is 10.3. The summed E-state index contributed by atoms with van der Waals surface area (Å²) in [5, 5.41) is 0. The molecule has 2 rings (SSSR count). The van der Waals surface area contributed by atoms with E-state index in [1.54, 1.807) is 4.90 Å². The molecule has 104 valence electrons. The second-order valence-electron chi connectivity index (χ2n) is 4.83. The first kappa shape index (κ1) is 13.8. The van der Waals surface area contributed by atoms with E-state index in [0.29, 0.717) is 24.6 Å². The maximum absolute atomic E-state index is 12.3. The van der Waals surface area contributed by atoms with Crippen LogP contribution in [0.3, 0.4) is 0 Å². The van der Waals surface area contributed by atoms with Crippen LogP contribution in [0.4, 0.5) is 5.82 Å². The summed E-state index contributed by atoms with van der Waals surface area (Å²) in [6, 6.07) is 1.83. The Hall–Kier alpha value is -1.65. The first-order valence-electron chi connectivity index (χ1n) is 7.05. The Morgan fingerprint density at radius 3 is 2.47 bits per heavy atom. The average Bonchev–Trinajstić information content (AvgIpc) is 2.93. The van der Waals surface area contributed by atoms with Crippen molar-refractivity contribution in [2.45, 2.75) is 33.6 Å². The molecule has 1 amide bonds. The Bertz CT molecular complexity index is 451.